The van der Waals surface area contributed by atoms with E-state index >= 15 is 0 Å². The van der Waals surface area contributed by atoms with E-state index in [1.54, 1.807) is 0 Å². The molecule has 0 saturated heterocycles. The predicted molar refractivity (Wildman–Crippen MR) is 77.8 cm³/mol. The van der Waals surface area contributed by atoms with Gasteiger partial charge in [-0.05, 0) is 50.9 Å². The molecule has 1 rings (SSSR count). The quantitative estimate of drug-likeness (QED) is 0.632. The Morgan fingerprint density at radius 1 is 1.21 bits per heavy atom. The molecule has 0 aliphatic heterocycles. The van der Waals surface area contributed by atoms with Crippen molar-refractivity contribution < 1.29 is 14.9 Å². The Morgan fingerprint density at radius 2 is 1.84 bits per heavy atom. The van der Waals surface area contributed by atoms with Crippen molar-refractivity contribution in [2.75, 3.05) is 6.61 Å². The summed E-state index contributed by atoms with van der Waals surface area (Å²) in [7, 11) is 0. The molecular formula is C16H32O3. The molecule has 0 spiro atoms. The summed E-state index contributed by atoms with van der Waals surface area (Å²) in [6, 6.07) is 0. The minimum absolute atomic E-state index is 0.115. The Morgan fingerprint density at radius 3 is 2.42 bits per heavy atom. The summed E-state index contributed by atoms with van der Waals surface area (Å²) < 4.78 is 5.74. The molecule has 2 N–H and O–H groups in total. The first-order valence-electron chi connectivity index (χ1n) is 7.89. The number of hydrogen-bond acceptors (Lipinski definition) is 3. The first kappa shape index (κ1) is 16.9. The van der Waals surface area contributed by atoms with Crippen molar-refractivity contribution in [3.8, 4) is 0 Å². The van der Waals surface area contributed by atoms with Crippen LogP contribution in [0, 0.1) is 11.3 Å². The van der Waals surface area contributed by atoms with Gasteiger partial charge in [0.1, 0.15) is 0 Å². The molecule has 0 amide bonds. The van der Waals surface area contributed by atoms with E-state index in [0.29, 0.717) is 5.92 Å². The molecule has 114 valence electrons. The minimum atomic E-state index is -0.571. The Bertz CT molecular complexity index is 234. The average Bonchev–Trinajstić information content (AvgIpc) is 2.88. The van der Waals surface area contributed by atoms with Gasteiger partial charge in [-0.25, -0.2) is 0 Å². The van der Waals surface area contributed by atoms with E-state index in [1.807, 2.05) is 0 Å². The predicted octanol–water partition coefficient (Wildman–Crippen LogP) is 3.48. The Hall–Kier alpha value is -0.120. The molecule has 1 unspecified atom stereocenters. The summed E-state index contributed by atoms with van der Waals surface area (Å²) in [5, 5.41) is 18.9. The first-order valence-corrected chi connectivity index (χ1v) is 7.89. The molecular weight excluding hydrogens is 240 g/mol. The molecule has 0 aromatic rings. The van der Waals surface area contributed by atoms with Crippen LogP contribution in [0.2, 0.25) is 0 Å². The first-order chi connectivity index (χ1) is 8.94. The molecule has 0 radical (unpaired) electrons. The highest BCUT2D eigenvalue weighted by Gasteiger charge is 2.26. The van der Waals surface area contributed by atoms with E-state index in [0.717, 1.165) is 38.5 Å². The zero-order chi connectivity index (χ0) is 14.3. The normalized spacial score (nSPS) is 20.7. The second-order valence-corrected chi connectivity index (χ2v) is 6.91. The fraction of sp³-hybridized carbons (Fsp3) is 1.00. The molecule has 1 aliphatic rings. The second-order valence-electron chi connectivity index (χ2n) is 6.91. The van der Waals surface area contributed by atoms with E-state index in [2.05, 4.69) is 20.8 Å². The number of ether oxygens (including phenoxy) is 1. The zero-order valence-electron chi connectivity index (χ0n) is 12.9. The van der Waals surface area contributed by atoms with Crippen molar-refractivity contribution in [2.24, 2.45) is 11.3 Å². The van der Waals surface area contributed by atoms with Gasteiger partial charge in [0.05, 0.1) is 6.10 Å². The smallest absolute Gasteiger partial charge is 0.157 e. The van der Waals surface area contributed by atoms with Crippen molar-refractivity contribution >= 4 is 0 Å². The maximum Gasteiger partial charge on any atom is 0.157 e. The third-order valence-electron chi connectivity index (χ3n) is 4.41. The summed E-state index contributed by atoms with van der Waals surface area (Å²) >= 11 is 0. The van der Waals surface area contributed by atoms with Crippen LogP contribution in [0.15, 0.2) is 0 Å². The van der Waals surface area contributed by atoms with Gasteiger partial charge in [0.15, 0.2) is 6.29 Å². The van der Waals surface area contributed by atoms with Crippen LogP contribution in [0.25, 0.3) is 0 Å². The molecule has 0 heterocycles. The van der Waals surface area contributed by atoms with E-state index < -0.39 is 6.29 Å². The van der Waals surface area contributed by atoms with Crippen molar-refractivity contribution in [2.45, 2.75) is 84.5 Å². The van der Waals surface area contributed by atoms with Gasteiger partial charge in [0.25, 0.3) is 0 Å². The molecule has 1 fully saturated rings. The molecule has 0 aromatic heterocycles. The molecule has 1 saturated carbocycles. The van der Waals surface area contributed by atoms with Crippen LogP contribution < -0.4 is 0 Å². The largest absolute Gasteiger partial charge is 0.396 e. The standard InChI is InChI=1S/C16H32O3/c1-13(9-11-16(2,3)10-6-12-17)19-15(18)14-7-4-5-8-14/h13-15,17-18H,4-12H2,1-3H3/t13?,15-/m1/s1. The topological polar surface area (TPSA) is 49.7 Å². The van der Waals surface area contributed by atoms with Gasteiger partial charge in [-0.15, -0.1) is 0 Å². The fourth-order valence-electron chi connectivity index (χ4n) is 2.94. The highest BCUT2D eigenvalue weighted by atomic mass is 16.6. The number of aliphatic hydroxyl groups excluding tert-OH is 2. The van der Waals surface area contributed by atoms with Crippen molar-refractivity contribution in [3.05, 3.63) is 0 Å². The zero-order valence-corrected chi connectivity index (χ0v) is 12.9. The van der Waals surface area contributed by atoms with Gasteiger partial charge in [-0.3, -0.25) is 0 Å². The monoisotopic (exact) mass is 272 g/mol. The van der Waals surface area contributed by atoms with Crippen molar-refractivity contribution in [1.82, 2.24) is 0 Å². The summed E-state index contributed by atoms with van der Waals surface area (Å²) in [6.07, 6.45) is 8.18. The van der Waals surface area contributed by atoms with Gasteiger partial charge in [0, 0.05) is 12.5 Å². The maximum atomic E-state index is 10.0. The third-order valence-corrected chi connectivity index (χ3v) is 4.41. The van der Waals surface area contributed by atoms with Gasteiger partial charge >= 0.3 is 0 Å². The molecule has 2 atom stereocenters. The van der Waals surface area contributed by atoms with E-state index in [9.17, 15) is 5.11 Å². The van der Waals surface area contributed by atoms with Crippen LogP contribution >= 0.6 is 0 Å². The van der Waals surface area contributed by atoms with Gasteiger partial charge in [-0.1, -0.05) is 26.7 Å². The van der Waals surface area contributed by atoms with Crippen LogP contribution in [0.4, 0.5) is 0 Å². The average molecular weight is 272 g/mol. The van der Waals surface area contributed by atoms with Gasteiger partial charge in [-0.2, -0.15) is 0 Å². The van der Waals surface area contributed by atoms with E-state index in [1.165, 1.54) is 12.8 Å². The van der Waals surface area contributed by atoms with E-state index in [-0.39, 0.29) is 18.1 Å². The van der Waals surface area contributed by atoms with Crippen LogP contribution in [0.5, 0.6) is 0 Å². The third kappa shape index (κ3) is 6.73. The fourth-order valence-corrected chi connectivity index (χ4v) is 2.94. The summed E-state index contributed by atoms with van der Waals surface area (Å²) in [5.41, 5.74) is 0.249. The Kier molecular flexibility index (Phi) is 7.33. The van der Waals surface area contributed by atoms with Crippen LogP contribution in [0.3, 0.4) is 0 Å². The summed E-state index contributed by atoms with van der Waals surface area (Å²) in [6.45, 7) is 6.81. The van der Waals surface area contributed by atoms with Crippen molar-refractivity contribution in [1.29, 1.82) is 0 Å². The molecule has 3 heteroatoms. The lowest BCUT2D eigenvalue weighted by Crippen LogP contribution is -2.27. The number of rotatable bonds is 9. The maximum absolute atomic E-state index is 10.0. The summed E-state index contributed by atoms with van der Waals surface area (Å²) in [4.78, 5) is 0. The van der Waals surface area contributed by atoms with E-state index in [4.69, 9.17) is 9.84 Å². The minimum Gasteiger partial charge on any atom is -0.396 e. The van der Waals surface area contributed by atoms with Gasteiger partial charge in [0.2, 0.25) is 0 Å². The second kappa shape index (κ2) is 8.23. The van der Waals surface area contributed by atoms with Crippen LogP contribution in [-0.4, -0.2) is 29.2 Å². The SMILES string of the molecule is CC(CCC(C)(C)CCCO)O[C@@H](O)C1CCCC1. The lowest BCUT2D eigenvalue weighted by molar-refractivity contribution is -0.162. The number of hydrogen-bond donors (Lipinski definition) is 2. The molecule has 0 bridgehead atoms. The lowest BCUT2D eigenvalue weighted by atomic mass is 9.82. The molecule has 0 aromatic carbocycles. The molecule has 19 heavy (non-hydrogen) atoms. The number of aliphatic hydroxyl groups is 2. The molecule has 1 aliphatic carbocycles. The van der Waals surface area contributed by atoms with Crippen LogP contribution in [0.1, 0.15) is 72.1 Å². The Labute approximate surface area is 118 Å². The summed E-state index contributed by atoms with van der Waals surface area (Å²) in [5.74, 6) is 0.352. The lowest BCUT2D eigenvalue weighted by Gasteiger charge is -2.28. The van der Waals surface area contributed by atoms with Crippen LogP contribution in [-0.2, 0) is 4.74 Å². The Balaban J connectivity index is 2.20. The highest BCUT2D eigenvalue weighted by molar-refractivity contribution is 4.72. The molecule has 3 nitrogen and oxygen atoms in total. The van der Waals surface area contributed by atoms with Gasteiger partial charge < -0.3 is 14.9 Å². The van der Waals surface area contributed by atoms with Crippen molar-refractivity contribution in [3.63, 3.8) is 0 Å². The highest BCUT2D eigenvalue weighted by Crippen LogP contribution is 2.31.